The van der Waals surface area contributed by atoms with Crippen molar-refractivity contribution in [2.75, 3.05) is 0 Å². The molecule has 1 fully saturated rings. The molecule has 0 bridgehead atoms. The lowest BCUT2D eigenvalue weighted by molar-refractivity contribution is -0.134. The molecule has 0 radical (unpaired) electrons. The van der Waals surface area contributed by atoms with Crippen molar-refractivity contribution in [1.82, 2.24) is 14.7 Å². The van der Waals surface area contributed by atoms with Crippen LogP contribution in [0.4, 0.5) is 0 Å². The number of amides is 2. The summed E-state index contributed by atoms with van der Waals surface area (Å²) < 4.78 is 1.71. The topological polar surface area (TPSA) is 80.5 Å². The molecule has 0 aromatic carbocycles. The Morgan fingerprint density at radius 2 is 2.26 bits per heavy atom. The Kier molecular flexibility index (Phi) is 2.63. The number of pyridine rings is 1. The minimum absolute atomic E-state index is 0.252. The number of carbonyl (C=O) groups is 3. The fourth-order valence-corrected chi connectivity index (χ4v) is 2.42. The van der Waals surface area contributed by atoms with Gasteiger partial charge in [0.25, 0.3) is 0 Å². The van der Waals surface area contributed by atoms with Crippen molar-refractivity contribution in [3.63, 3.8) is 0 Å². The lowest BCUT2D eigenvalue weighted by Crippen LogP contribution is -2.39. The maximum Gasteiger partial charge on any atom is 0.234 e. The van der Waals surface area contributed by atoms with Gasteiger partial charge in [-0.3, -0.25) is 19.7 Å². The van der Waals surface area contributed by atoms with Crippen LogP contribution in [0.15, 0.2) is 24.8 Å². The van der Waals surface area contributed by atoms with Crippen LogP contribution in [0.1, 0.15) is 34.7 Å². The number of nitrogens with one attached hydrogen (secondary N) is 1. The van der Waals surface area contributed by atoms with Gasteiger partial charge in [0.05, 0.1) is 24.0 Å². The fraction of sp³-hybridized carbons (Fsp3) is 0.231. The summed E-state index contributed by atoms with van der Waals surface area (Å²) in [5.74, 6) is -0.989. The number of nitrogens with zero attached hydrogens (tertiary/aromatic N) is 2. The van der Waals surface area contributed by atoms with Gasteiger partial charge in [0.15, 0.2) is 6.29 Å². The van der Waals surface area contributed by atoms with Crippen LogP contribution in [0.2, 0.25) is 0 Å². The highest BCUT2D eigenvalue weighted by Gasteiger charge is 2.29. The van der Waals surface area contributed by atoms with Crippen molar-refractivity contribution < 1.29 is 14.4 Å². The van der Waals surface area contributed by atoms with Gasteiger partial charge in [-0.15, -0.1) is 0 Å². The van der Waals surface area contributed by atoms with Crippen LogP contribution < -0.4 is 5.32 Å². The summed E-state index contributed by atoms with van der Waals surface area (Å²) in [5, 5.41) is 2.33. The van der Waals surface area contributed by atoms with Gasteiger partial charge in [-0.05, 0) is 18.1 Å². The molecule has 2 amide bonds. The second kappa shape index (κ2) is 4.31. The third-order valence-electron chi connectivity index (χ3n) is 3.32. The van der Waals surface area contributed by atoms with Crippen LogP contribution in [0.5, 0.6) is 0 Å². The molecule has 1 atom stereocenters. The van der Waals surface area contributed by atoms with Gasteiger partial charge >= 0.3 is 0 Å². The zero-order chi connectivity index (χ0) is 13.4. The molecule has 1 N–H and O–H groups in total. The zero-order valence-electron chi connectivity index (χ0n) is 10.00. The molecule has 1 aliphatic rings. The van der Waals surface area contributed by atoms with Crippen molar-refractivity contribution >= 4 is 23.6 Å². The molecule has 0 spiro atoms. The van der Waals surface area contributed by atoms with Gasteiger partial charge < -0.3 is 4.40 Å². The molecule has 3 heterocycles. The standard InChI is InChI=1S/C13H11N3O3/c17-6-8-3-10(11-4-14-7-16(11)5-8)9-1-2-12(18)15-13(9)19/h3-7,9H,1-2H2,(H,15,18,19). The first-order valence-corrected chi connectivity index (χ1v) is 5.93. The molecule has 96 valence electrons. The predicted octanol–water partition coefficient (Wildman–Crippen LogP) is 0.667. The summed E-state index contributed by atoms with van der Waals surface area (Å²) in [4.78, 5) is 38.1. The third kappa shape index (κ3) is 1.91. The van der Waals surface area contributed by atoms with E-state index in [0.717, 1.165) is 17.4 Å². The van der Waals surface area contributed by atoms with E-state index in [1.807, 2.05) is 0 Å². The zero-order valence-corrected chi connectivity index (χ0v) is 10.00. The number of hydrogen-bond acceptors (Lipinski definition) is 4. The summed E-state index contributed by atoms with van der Waals surface area (Å²) in [5.41, 5.74) is 1.98. The maximum absolute atomic E-state index is 11.9. The van der Waals surface area contributed by atoms with E-state index in [4.69, 9.17) is 0 Å². The normalized spacial score (nSPS) is 19.5. The molecular formula is C13H11N3O3. The van der Waals surface area contributed by atoms with E-state index in [0.29, 0.717) is 18.4 Å². The van der Waals surface area contributed by atoms with E-state index in [9.17, 15) is 14.4 Å². The number of piperidine rings is 1. The van der Waals surface area contributed by atoms with Crippen LogP contribution in [-0.2, 0) is 9.59 Å². The molecular weight excluding hydrogens is 246 g/mol. The average Bonchev–Trinajstić information content (AvgIpc) is 2.86. The monoisotopic (exact) mass is 257 g/mol. The van der Waals surface area contributed by atoms with E-state index in [1.165, 1.54) is 0 Å². The summed E-state index contributed by atoms with van der Waals surface area (Å²) in [6, 6.07) is 1.68. The summed E-state index contributed by atoms with van der Waals surface area (Å²) in [6.45, 7) is 0. The summed E-state index contributed by atoms with van der Waals surface area (Å²) in [7, 11) is 0. The van der Waals surface area contributed by atoms with Gasteiger partial charge in [0.1, 0.15) is 0 Å². The highest BCUT2D eigenvalue weighted by atomic mass is 16.2. The fourth-order valence-electron chi connectivity index (χ4n) is 2.42. The second-order valence-corrected chi connectivity index (χ2v) is 4.54. The van der Waals surface area contributed by atoms with Gasteiger partial charge in [0, 0.05) is 18.2 Å². The van der Waals surface area contributed by atoms with Crippen LogP contribution >= 0.6 is 0 Å². The Labute approximate surface area is 108 Å². The van der Waals surface area contributed by atoms with Crippen LogP contribution in [0.3, 0.4) is 0 Å². The van der Waals surface area contributed by atoms with Crippen LogP contribution in [-0.4, -0.2) is 27.5 Å². The van der Waals surface area contributed by atoms with E-state index < -0.39 is 5.92 Å². The molecule has 2 aromatic heterocycles. The first-order chi connectivity index (χ1) is 9.19. The number of rotatable bonds is 2. The maximum atomic E-state index is 11.9. The minimum atomic E-state index is -0.420. The molecule has 19 heavy (non-hydrogen) atoms. The van der Waals surface area contributed by atoms with Crippen molar-refractivity contribution in [3.05, 3.63) is 35.9 Å². The Balaban J connectivity index is 2.13. The van der Waals surface area contributed by atoms with Crippen LogP contribution in [0.25, 0.3) is 5.52 Å². The molecule has 3 rings (SSSR count). The second-order valence-electron chi connectivity index (χ2n) is 4.54. The Morgan fingerprint density at radius 1 is 1.42 bits per heavy atom. The summed E-state index contributed by atoms with van der Waals surface area (Å²) >= 11 is 0. The number of imide groups is 1. The quantitative estimate of drug-likeness (QED) is 0.633. The van der Waals surface area contributed by atoms with Crippen LogP contribution in [0, 0.1) is 0 Å². The number of hydrogen-bond donors (Lipinski definition) is 1. The predicted molar refractivity (Wildman–Crippen MR) is 65.7 cm³/mol. The van der Waals surface area contributed by atoms with E-state index >= 15 is 0 Å². The largest absolute Gasteiger partial charge is 0.305 e. The molecule has 1 saturated heterocycles. The molecule has 1 unspecified atom stereocenters. The Morgan fingerprint density at radius 3 is 3.00 bits per heavy atom. The third-order valence-corrected chi connectivity index (χ3v) is 3.32. The van der Waals surface area contributed by atoms with Gasteiger partial charge in [-0.1, -0.05) is 0 Å². The highest BCUT2D eigenvalue weighted by molar-refractivity contribution is 6.01. The number of aromatic nitrogens is 2. The Bertz CT molecular complexity index is 689. The smallest absolute Gasteiger partial charge is 0.234 e. The lowest BCUT2D eigenvalue weighted by Gasteiger charge is -2.22. The molecule has 0 saturated carbocycles. The SMILES string of the molecule is O=Cc1cc(C2CCC(=O)NC2=O)c2cncn2c1. The van der Waals surface area contributed by atoms with Crippen molar-refractivity contribution in [1.29, 1.82) is 0 Å². The highest BCUT2D eigenvalue weighted by Crippen LogP contribution is 2.28. The number of aldehydes is 1. The van der Waals surface area contributed by atoms with E-state index in [-0.39, 0.29) is 11.8 Å². The number of imidazole rings is 1. The van der Waals surface area contributed by atoms with Gasteiger partial charge in [0.2, 0.25) is 11.8 Å². The molecule has 6 heteroatoms. The van der Waals surface area contributed by atoms with Gasteiger partial charge in [-0.25, -0.2) is 4.98 Å². The van der Waals surface area contributed by atoms with Gasteiger partial charge in [-0.2, -0.15) is 0 Å². The van der Waals surface area contributed by atoms with Crippen molar-refractivity contribution in [2.45, 2.75) is 18.8 Å². The van der Waals surface area contributed by atoms with E-state index in [1.54, 1.807) is 29.2 Å². The van der Waals surface area contributed by atoms with E-state index in [2.05, 4.69) is 10.3 Å². The van der Waals surface area contributed by atoms with Crippen molar-refractivity contribution in [3.8, 4) is 0 Å². The Hall–Kier alpha value is -2.50. The number of carbonyl (C=O) groups excluding carboxylic acids is 3. The first kappa shape index (κ1) is 11.6. The average molecular weight is 257 g/mol. The molecule has 1 aliphatic heterocycles. The lowest BCUT2D eigenvalue weighted by atomic mass is 9.90. The molecule has 0 aliphatic carbocycles. The molecule has 2 aromatic rings. The molecule has 6 nitrogen and oxygen atoms in total. The first-order valence-electron chi connectivity index (χ1n) is 5.93. The minimum Gasteiger partial charge on any atom is -0.305 e. The summed E-state index contributed by atoms with van der Waals surface area (Å²) in [6.07, 6.45) is 6.38. The van der Waals surface area contributed by atoms with Crippen molar-refractivity contribution in [2.24, 2.45) is 0 Å². The number of fused-ring (bicyclic) bond motifs is 1.